The van der Waals surface area contributed by atoms with Crippen LogP contribution in [0, 0.1) is 6.92 Å². The number of esters is 1. The van der Waals surface area contributed by atoms with Crippen molar-refractivity contribution in [2.24, 2.45) is 0 Å². The Morgan fingerprint density at radius 2 is 1.69 bits per heavy atom. The van der Waals surface area contributed by atoms with Crippen LogP contribution in [0.2, 0.25) is 0 Å². The highest BCUT2D eigenvalue weighted by Crippen LogP contribution is 2.38. The second-order valence-corrected chi connectivity index (χ2v) is 5.81. The Kier molecular flexibility index (Phi) is 4.84. The number of aromatic nitrogens is 1. The zero-order valence-corrected chi connectivity index (χ0v) is 13.9. The maximum atomic E-state index is 13.2. The van der Waals surface area contributed by atoms with Crippen LogP contribution in [0.15, 0.2) is 60.8 Å². The summed E-state index contributed by atoms with van der Waals surface area (Å²) >= 11 is 0. The highest BCUT2D eigenvalue weighted by molar-refractivity contribution is 5.93. The summed E-state index contributed by atoms with van der Waals surface area (Å²) in [5, 5.41) is 0. The molecule has 0 radical (unpaired) electrons. The van der Waals surface area contributed by atoms with Crippen molar-refractivity contribution in [2.45, 2.75) is 19.7 Å². The first-order chi connectivity index (χ1) is 12.4. The fourth-order valence-electron chi connectivity index (χ4n) is 2.74. The third kappa shape index (κ3) is 3.64. The largest absolute Gasteiger partial charge is 0.457 e. The summed E-state index contributed by atoms with van der Waals surface area (Å²) in [7, 11) is 0. The molecule has 134 valence electrons. The van der Waals surface area contributed by atoms with Crippen LogP contribution in [0.4, 0.5) is 13.2 Å². The minimum Gasteiger partial charge on any atom is -0.457 e. The van der Waals surface area contributed by atoms with Crippen molar-refractivity contribution in [3.63, 3.8) is 0 Å². The Morgan fingerprint density at radius 1 is 1.04 bits per heavy atom. The summed E-state index contributed by atoms with van der Waals surface area (Å²) in [5.74, 6) is -0.585. The molecule has 3 nitrogen and oxygen atoms in total. The molecule has 0 amide bonds. The Bertz CT molecular complexity index is 914. The number of aromatic amines is 1. The van der Waals surface area contributed by atoms with Gasteiger partial charge in [-0.3, -0.25) is 0 Å². The molecular weight excluding hydrogens is 343 g/mol. The van der Waals surface area contributed by atoms with Crippen LogP contribution in [0.3, 0.4) is 0 Å². The van der Waals surface area contributed by atoms with Crippen LogP contribution >= 0.6 is 0 Å². The third-order valence-electron chi connectivity index (χ3n) is 4.07. The summed E-state index contributed by atoms with van der Waals surface area (Å²) in [4.78, 5) is 15.1. The van der Waals surface area contributed by atoms with E-state index in [1.165, 1.54) is 24.4 Å². The number of hydrogen-bond acceptors (Lipinski definition) is 2. The molecule has 2 aromatic carbocycles. The van der Waals surface area contributed by atoms with Gasteiger partial charge in [0.1, 0.15) is 6.61 Å². The minimum atomic E-state index is -4.48. The fourth-order valence-corrected chi connectivity index (χ4v) is 2.74. The van der Waals surface area contributed by atoms with E-state index in [4.69, 9.17) is 4.74 Å². The van der Waals surface area contributed by atoms with Gasteiger partial charge >= 0.3 is 12.1 Å². The molecule has 0 bridgehead atoms. The molecule has 3 aromatic rings. The number of H-pyrrole nitrogens is 1. The summed E-state index contributed by atoms with van der Waals surface area (Å²) in [6, 6.07) is 14.4. The second kappa shape index (κ2) is 7.07. The predicted molar refractivity (Wildman–Crippen MR) is 91.5 cm³/mol. The summed E-state index contributed by atoms with van der Waals surface area (Å²) < 4.78 is 45.0. The van der Waals surface area contributed by atoms with Crippen molar-refractivity contribution in [3.8, 4) is 11.3 Å². The molecule has 1 aromatic heterocycles. The van der Waals surface area contributed by atoms with Crippen LogP contribution in [0.1, 0.15) is 27.0 Å². The van der Waals surface area contributed by atoms with Crippen LogP contribution in [0.5, 0.6) is 0 Å². The van der Waals surface area contributed by atoms with Gasteiger partial charge in [-0.2, -0.15) is 13.2 Å². The topological polar surface area (TPSA) is 42.1 Å². The Balaban J connectivity index is 1.86. The first kappa shape index (κ1) is 17.8. The lowest BCUT2D eigenvalue weighted by Crippen LogP contribution is -2.08. The smallest absolute Gasteiger partial charge is 0.417 e. The molecule has 0 spiro atoms. The van der Waals surface area contributed by atoms with Crippen molar-refractivity contribution < 1.29 is 22.7 Å². The van der Waals surface area contributed by atoms with Gasteiger partial charge in [0.2, 0.25) is 0 Å². The number of carbonyl (C=O) groups excluding carboxylic acids is 1. The lowest BCUT2D eigenvalue weighted by atomic mass is 10.0. The third-order valence-corrected chi connectivity index (χ3v) is 4.07. The number of nitrogens with one attached hydrogen (secondary N) is 1. The number of carbonyl (C=O) groups is 1. The Morgan fingerprint density at radius 3 is 2.38 bits per heavy atom. The molecule has 0 saturated heterocycles. The molecule has 0 aliphatic carbocycles. The summed E-state index contributed by atoms with van der Waals surface area (Å²) in [6.45, 7) is 1.69. The number of hydrogen-bond donors (Lipinski definition) is 1. The Labute approximate surface area is 148 Å². The molecule has 0 fully saturated rings. The number of ether oxygens (including phenoxy) is 1. The van der Waals surface area contributed by atoms with Crippen LogP contribution < -0.4 is 0 Å². The first-order valence-corrected chi connectivity index (χ1v) is 7.93. The molecule has 6 heteroatoms. The average molecular weight is 359 g/mol. The highest BCUT2D eigenvalue weighted by Gasteiger charge is 2.34. The van der Waals surface area contributed by atoms with Gasteiger partial charge in [-0.1, -0.05) is 48.5 Å². The molecule has 0 atom stereocenters. The molecule has 1 N–H and O–H groups in total. The molecule has 26 heavy (non-hydrogen) atoms. The number of alkyl halides is 3. The molecule has 0 unspecified atom stereocenters. The van der Waals surface area contributed by atoms with Crippen molar-refractivity contribution in [3.05, 3.63) is 83.0 Å². The van der Waals surface area contributed by atoms with Gasteiger partial charge in [0, 0.05) is 17.5 Å². The quantitative estimate of drug-likeness (QED) is 0.637. The minimum absolute atomic E-state index is 0.000362. The monoisotopic (exact) mass is 359 g/mol. The maximum absolute atomic E-state index is 13.2. The molecular formula is C20H16F3NO2. The van der Waals surface area contributed by atoms with Crippen LogP contribution in [0.25, 0.3) is 11.3 Å². The summed E-state index contributed by atoms with van der Waals surface area (Å²) in [5.41, 5.74) is 0.961. The maximum Gasteiger partial charge on any atom is 0.417 e. The normalized spacial score (nSPS) is 11.4. The zero-order chi connectivity index (χ0) is 18.7. The SMILES string of the molecule is Cc1c(C(=O)OCc2ccccc2)c[nH]c1-c1ccccc1C(F)(F)F. The van der Waals surface area contributed by atoms with Gasteiger partial charge in [-0.05, 0) is 24.1 Å². The van der Waals surface area contributed by atoms with E-state index in [1.54, 1.807) is 6.92 Å². The van der Waals surface area contributed by atoms with Crippen LogP contribution in [-0.2, 0) is 17.5 Å². The van der Waals surface area contributed by atoms with Crippen molar-refractivity contribution in [1.82, 2.24) is 4.98 Å². The van der Waals surface area contributed by atoms with E-state index in [0.717, 1.165) is 11.6 Å². The molecule has 1 heterocycles. The number of halogens is 3. The molecule has 0 saturated carbocycles. The van der Waals surface area contributed by atoms with Gasteiger partial charge in [-0.25, -0.2) is 4.79 Å². The van der Waals surface area contributed by atoms with E-state index in [-0.39, 0.29) is 23.4 Å². The van der Waals surface area contributed by atoms with E-state index in [2.05, 4.69) is 4.98 Å². The van der Waals surface area contributed by atoms with E-state index < -0.39 is 17.7 Å². The average Bonchev–Trinajstić information content (AvgIpc) is 3.01. The lowest BCUT2D eigenvalue weighted by Gasteiger charge is -2.12. The van der Waals surface area contributed by atoms with Gasteiger partial charge in [-0.15, -0.1) is 0 Å². The number of benzene rings is 2. The van der Waals surface area contributed by atoms with Gasteiger partial charge in [0.25, 0.3) is 0 Å². The van der Waals surface area contributed by atoms with Gasteiger partial charge in [0.15, 0.2) is 0 Å². The van der Waals surface area contributed by atoms with Crippen LogP contribution in [-0.4, -0.2) is 11.0 Å². The lowest BCUT2D eigenvalue weighted by molar-refractivity contribution is -0.137. The van der Waals surface area contributed by atoms with Crippen molar-refractivity contribution in [1.29, 1.82) is 0 Å². The molecule has 3 rings (SSSR count). The predicted octanol–water partition coefficient (Wildman–Crippen LogP) is 5.37. The van der Waals surface area contributed by atoms with Crippen molar-refractivity contribution >= 4 is 5.97 Å². The molecule has 0 aliphatic heterocycles. The van der Waals surface area contributed by atoms with Gasteiger partial charge < -0.3 is 9.72 Å². The standard InChI is InChI=1S/C20H16F3NO2/c1-13-16(19(25)26-12-14-7-3-2-4-8-14)11-24-18(13)15-9-5-6-10-17(15)20(21,22)23/h2-11,24H,12H2,1H3. The van der Waals surface area contributed by atoms with E-state index in [9.17, 15) is 18.0 Å². The highest BCUT2D eigenvalue weighted by atomic mass is 19.4. The van der Waals surface area contributed by atoms with E-state index >= 15 is 0 Å². The van der Waals surface area contributed by atoms with E-state index in [0.29, 0.717) is 5.56 Å². The fraction of sp³-hybridized carbons (Fsp3) is 0.150. The number of rotatable bonds is 4. The first-order valence-electron chi connectivity index (χ1n) is 7.93. The molecule has 0 aliphatic rings. The van der Waals surface area contributed by atoms with Gasteiger partial charge in [0.05, 0.1) is 11.1 Å². The Hall–Kier alpha value is -3.02. The van der Waals surface area contributed by atoms with Crippen molar-refractivity contribution in [2.75, 3.05) is 0 Å². The summed E-state index contributed by atoms with van der Waals surface area (Å²) in [6.07, 6.45) is -3.10. The van der Waals surface area contributed by atoms with E-state index in [1.807, 2.05) is 30.3 Å². The second-order valence-electron chi connectivity index (χ2n) is 5.81. The zero-order valence-electron chi connectivity index (χ0n) is 13.9.